The van der Waals surface area contributed by atoms with Crippen LogP contribution in [0.3, 0.4) is 0 Å². The predicted octanol–water partition coefficient (Wildman–Crippen LogP) is 1.46. The first kappa shape index (κ1) is 22.3. The van der Waals surface area contributed by atoms with Crippen molar-refractivity contribution < 1.29 is 28.7 Å². The average molecular weight is 457 g/mol. The highest BCUT2D eigenvalue weighted by Gasteiger charge is 2.32. The third-order valence-corrected chi connectivity index (χ3v) is 6.42. The quantitative estimate of drug-likeness (QED) is 0.501. The number of hydrogen-bond acceptors (Lipinski definition) is 10. The van der Waals surface area contributed by atoms with Gasteiger partial charge in [-0.3, -0.25) is 14.4 Å². The van der Waals surface area contributed by atoms with Gasteiger partial charge in [0.25, 0.3) is 5.91 Å². The Morgan fingerprint density at radius 3 is 2.63 bits per heavy atom. The molecule has 1 aromatic heterocycles. The number of thioether (sulfide) groups is 1. The second-order valence-electron chi connectivity index (χ2n) is 7.12. The maximum atomic E-state index is 12.5. The molecule has 10 nitrogen and oxygen atoms in total. The van der Waals surface area contributed by atoms with Gasteiger partial charge in [-0.1, -0.05) is 11.8 Å². The summed E-state index contributed by atoms with van der Waals surface area (Å²) in [5.41, 5.74) is 0.335. The van der Waals surface area contributed by atoms with E-state index in [1.54, 1.807) is 12.3 Å². The minimum atomic E-state index is -0.966. The van der Waals surface area contributed by atoms with E-state index >= 15 is 0 Å². The van der Waals surface area contributed by atoms with Crippen LogP contribution in [0.5, 0.6) is 0 Å². The topological polar surface area (TPSA) is 118 Å². The van der Waals surface area contributed by atoms with Crippen molar-refractivity contribution in [2.75, 3.05) is 31.1 Å². The summed E-state index contributed by atoms with van der Waals surface area (Å²) in [7, 11) is 0. The molecule has 2 atom stereocenters. The molecule has 2 fully saturated rings. The third kappa shape index (κ3) is 5.85. The fraction of sp³-hybridized carbons (Fsp3) is 0.611. The van der Waals surface area contributed by atoms with Gasteiger partial charge in [0.15, 0.2) is 10.2 Å². The third-order valence-electron chi connectivity index (χ3n) is 4.56. The summed E-state index contributed by atoms with van der Waals surface area (Å²) in [6.45, 7) is 6.49. The molecule has 0 spiro atoms. The van der Waals surface area contributed by atoms with Crippen molar-refractivity contribution in [1.82, 2.24) is 15.2 Å². The number of hydrogen-bond donors (Lipinski definition) is 1. The molecule has 3 heterocycles. The van der Waals surface area contributed by atoms with E-state index in [-0.39, 0.29) is 22.3 Å². The molecule has 0 aromatic carbocycles. The zero-order chi connectivity index (χ0) is 21.8. The highest BCUT2D eigenvalue weighted by Crippen LogP contribution is 2.30. The molecule has 2 saturated heterocycles. The molecule has 12 heteroatoms. The van der Waals surface area contributed by atoms with E-state index in [1.165, 1.54) is 41.8 Å². The number of carbonyl (C=O) groups excluding carboxylic acids is 4. The molecule has 0 saturated carbocycles. The predicted molar refractivity (Wildman–Crippen MR) is 112 cm³/mol. The normalized spacial score (nSPS) is 19.8. The molecular weight excluding hydrogens is 432 g/mol. The van der Waals surface area contributed by atoms with Crippen molar-refractivity contribution in [3.63, 3.8) is 0 Å². The summed E-state index contributed by atoms with van der Waals surface area (Å²) in [6, 6.07) is -0.209. The molecule has 0 bridgehead atoms. The van der Waals surface area contributed by atoms with Crippen LogP contribution in [0, 0.1) is 0 Å². The van der Waals surface area contributed by atoms with Gasteiger partial charge in [-0.15, -0.1) is 11.3 Å². The first-order valence-corrected chi connectivity index (χ1v) is 11.3. The van der Waals surface area contributed by atoms with Crippen LogP contribution in [0.4, 0.5) is 9.93 Å². The lowest BCUT2D eigenvalue weighted by molar-refractivity contribution is -0.163. The van der Waals surface area contributed by atoms with E-state index in [9.17, 15) is 19.2 Å². The second kappa shape index (κ2) is 9.65. The Kier molecular flexibility index (Phi) is 7.19. The van der Waals surface area contributed by atoms with Gasteiger partial charge >= 0.3 is 12.1 Å². The molecule has 1 N–H and O–H groups in total. The zero-order valence-electron chi connectivity index (χ0n) is 17.0. The van der Waals surface area contributed by atoms with Gasteiger partial charge in [-0.2, -0.15) is 0 Å². The maximum Gasteiger partial charge on any atom is 0.412 e. The summed E-state index contributed by atoms with van der Waals surface area (Å²) in [6.07, 6.45) is -0.963. The minimum absolute atomic E-state index is 0.106. The van der Waals surface area contributed by atoms with E-state index in [4.69, 9.17) is 9.47 Å². The van der Waals surface area contributed by atoms with Crippen LogP contribution in [0.2, 0.25) is 0 Å². The first-order chi connectivity index (χ1) is 14.2. The molecule has 1 unspecified atom stereocenters. The van der Waals surface area contributed by atoms with Gasteiger partial charge in [-0.25, -0.2) is 9.78 Å². The number of ether oxygens (including phenoxy) is 2. The molecule has 2 aliphatic heterocycles. The number of likely N-dealkylation sites (tertiary alicyclic amines) is 1. The van der Waals surface area contributed by atoms with Crippen molar-refractivity contribution in [2.24, 2.45) is 0 Å². The number of anilines is 1. The van der Waals surface area contributed by atoms with Crippen LogP contribution in [-0.2, 0) is 19.1 Å². The Labute approximate surface area is 182 Å². The van der Waals surface area contributed by atoms with E-state index in [0.29, 0.717) is 25.2 Å². The molecular formula is C18H24N4O6S2. The Balaban J connectivity index is 1.44. The lowest BCUT2D eigenvalue weighted by Gasteiger charge is -2.37. The van der Waals surface area contributed by atoms with E-state index < -0.39 is 18.4 Å². The molecule has 0 radical (unpaired) electrons. The smallest absolute Gasteiger partial charge is 0.412 e. The van der Waals surface area contributed by atoms with E-state index in [2.05, 4.69) is 10.3 Å². The molecule has 2 aliphatic rings. The van der Waals surface area contributed by atoms with Crippen LogP contribution in [0.1, 0.15) is 37.7 Å². The number of aromatic nitrogens is 1. The van der Waals surface area contributed by atoms with Gasteiger partial charge in [-0.05, 0) is 6.42 Å². The van der Waals surface area contributed by atoms with Crippen molar-refractivity contribution in [3.05, 3.63) is 11.1 Å². The molecule has 1 aromatic rings. The number of esters is 1. The van der Waals surface area contributed by atoms with E-state index in [1.807, 2.05) is 4.90 Å². The molecule has 2 amide bonds. The number of carbonyl (C=O) groups is 4. The summed E-state index contributed by atoms with van der Waals surface area (Å²) in [5, 5.41) is 5.74. The maximum absolute atomic E-state index is 12.5. The standard InChI is InChI=1S/C18H24N4O6S2/c1-10(23)27-12(3)28-18(26)21-5-4-13(6-21)19-16(25)15-9-29-17(20-15)22-7-14(8-22)30-11(2)24/h9,12-14H,4-8H2,1-3H3,(H,19,25)/t12?,13-/m0/s1. The second-order valence-corrected chi connectivity index (χ2v) is 9.43. The number of rotatable bonds is 6. The van der Waals surface area contributed by atoms with Gasteiger partial charge in [0.05, 0.1) is 0 Å². The van der Waals surface area contributed by atoms with Crippen LogP contribution in [-0.4, -0.2) is 76.7 Å². The zero-order valence-corrected chi connectivity index (χ0v) is 18.6. The Morgan fingerprint density at radius 2 is 1.97 bits per heavy atom. The van der Waals surface area contributed by atoms with Crippen LogP contribution in [0.15, 0.2) is 5.38 Å². The molecule has 0 aliphatic carbocycles. The monoisotopic (exact) mass is 456 g/mol. The SMILES string of the molecule is CC(=O)OC(C)OC(=O)N1CC[C@H](NC(=O)c2csc(N3CC(SC(C)=O)C3)n2)C1. The lowest BCUT2D eigenvalue weighted by atomic mass is 10.2. The summed E-state index contributed by atoms with van der Waals surface area (Å²) in [4.78, 5) is 54.5. The fourth-order valence-electron chi connectivity index (χ4n) is 3.19. The average Bonchev–Trinajstić information content (AvgIpc) is 3.26. The van der Waals surface area contributed by atoms with Gasteiger partial charge < -0.3 is 24.6 Å². The number of amides is 2. The van der Waals surface area contributed by atoms with Crippen LogP contribution in [0.25, 0.3) is 0 Å². The summed E-state index contributed by atoms with van der Waals surface area (Å²) >= 11 is 2.72. The molecule has 30 heavy (non-hydrogen) atoms. The highest BCUT2D eigenvalue weighted by atomic mass is 32.2. The van der Waals surface area contributed by atoms with Gasteiger partial charge in [0.2, 0.25) is 6.29 Å². The van der Waals surface area contributed by atoms with Crippen molar-refractivity contribution in [1.29, 1.82) is 0 Å². The van der Waals surface area contributed by atoms with Gasteiger partial charge in [0.1, 0.15) is 5.69 Å². The number of nitrogens with zero attached hydrogens (tertiary/aromatic N) is 3. The Morgan fingerprint density at radius 1 is 1.23 bits per heavy atom. The van der Waals surface area contributed by atoms with Crippen molar-refractivity contribution in [3.8, 4) is 0 Å². The minimum Gasteiger partial charge on any atom is -0.426 e. The largest absolute Gasteiger partial charge is 0.426 e. The molecule has 3 rings (SSSR count). The van der Waals surface area contributed by atoms with E-state index in [0.717, 1.165) is 18.2 Å². The Hall–Kier alpha value is -2.34. The van der Waals surface area contributed by atoms with Crippen molar-refractivity contribution >= 4 is 51.3 Å². The molecule has 164 valence electrons. The van der Waals surface area contributed by atoms with Gasteiger partial charge in [0, 0.05) is 63.6 Å². The van der Waals surface area contributed by atoms with Crippen molar-refractivity contribution in [2.45, 2.75) is 44.8 Å². The lowest BCUT2D eigenvalue weighted by Crippen LogP contribution is -2.49. The number of nitrogens with one attached hydrogen (secondary N) is 1. The van der Waals surface area contributed by atoms with Crippen LogP contribution < -0.4 is 10.2 Å². The number of thiazole rings is 1. The highest BCUT2D eigenvalue weighted by molar-refractivity contribution is 8.14. The Bertz CT molecular complexity index is 825. The summed E-state index contributed by atoms with van der Waals surface area (Å²) < 4.78 is 9.84. The fourth-order valence-corrected chi connectivity index (χ4v) is 5.00. The summed E-state index contributed by atoms with van der Waals surface area (Å²) in [5.74, 6) is -0.822. The first-order valence-electron chi connectivity index (χ1n) is 9.52. The van der Waals surface area contributed by atoms with Crippen LogP contribution >= 0.6 is 23.1 Å².